The fraction of sp³-hybridized carbons (Fsp3) is 0.261. The van der Waals surface area contributed by atoms with Crippen LogP contribution in [0.4, 0.5) is 28.2 Å². The number of aromatic nitrogens is 9. The quantitative estimate of drug-likeness (QED) is 0.0728. The summed E-state index contributed by atoms with van der Waals surface area (Å²) in [6.07, 6.45) is 12.4. The summed E-state index contributed by atoms with van der Waals surface area (Å²) in [4.78, 5) is 43.2. The minimum Gasteiger partial charge on any atom is -0.508 e. The van der Waals surface area contributed by atoms with Crippen LogP contribution in [0.2, 0.25) is 15.1 Å². The second kappa shape index (κ2) is 33.3. The number of ether oxygens (including phenoxy) is 2. The lowest BCUT2D eigenvalue weighted by Gasteiger charge is -2.34. The number of carbonyl (C=O) groups excluding carboxylic acids is 3. The number of halogens is 10. The number of aromatic hydroxyl groups is 1. The maximum Gasteiger partial charge on any atom is 0.369 e. The molecule has 3 saturated heterocycles. The van der Waals surface area contributed by atoms with Gasteiger partial charge in [0, 0.05) is 158 Å². The number of hydrogen-bond acceptors (Lipinski definition) is 18. The van der Waals surface area contributed by atoms with Crippen LogP contribution in [0.25, 0.3) is 98.8 Å². The average Bonchev–Trinajstić information content (AvgIpc) is 1.68. The number of rotatable bonds is 11. The Morgan fingerprint density at radius 2 is 0.903 bits per heavy atom. The fourth-order valence-electron chi connectivity index (χ4n) is 12.7. The summed E-state index contributed by atoms with van der Waals surface area (Å²) in [6, 6.07) is 15.7. The van der Waals surface area contributed by atoms with Gasteiger partial charge in [0.05, 0.1) is 52.7 Å². The van der Waals surface area contributed by atoms with Gasteiger partial charge in [0.25, 0.3) is 0 Å². The lowest BCUT2D eigenvalue weighted by Crippen LogP contribution is -2.48. The van der Waals surface area contributed by atoms with E-state index in [-0.39, 0.29) is 53.0 Å². The minimum absolute atomic E-state index is 0.00183. The molecule has 3 aliphatic rings. The second-order valence-corrected chi connectivity index (χ2v) is 33.9. The normalized spacial score (nSPS) is 13.8. The highest BCUT2D eigenvalue weighted by atomic mass is 79.9. The number of fused-ring (bicyclic) bond motifs is 6. The molecule has 0 aliphatic carbocycles. The van der Waals surface area contributed by atoms with Gasteiger partial charge in [0.15, 0.2) is 17.5 Å². The molecule has 9 heterocycles. The molecule has 20 nitrogen and oxygen atoms in total. The van der Waals surface area contributed by atoms with Gasteiger partial charge >= 0.3 is 3.18 Å². The summed E-state index contributed by atoms with van der Waals surface area (Å²) >= 11 is 37.8. The molecule has 6 aromatic carbocycles. The molecule has 15 rings (SSSR count). The van der Waals surface area contributed by atoms with Gasteiger partial charge in [-0.3, -0.25) is 28.4 Å². The van der Waals surface area contributed by atoms with E-state index in [1.807, 2.05) is 31.4 Å². The predicted octanol–water partition coefficient (Wildman–Crippen LogP) is 17.4. The van der Waals surface area contributed by atoms with Gasteiger partial charge in [-0.05, 0) is 138 Å². The Kier molecular flexibility index (Phi) is 24.8. The number of phenols is 1. The Morgan fingerprint density at radius 1 is 0.534 bits per heavy atom. The van der Waals surface area contributed by atoms with Crippen molar-refractivity contribution in [3.05, 3.63) is 144 Å². The molecule has 0 atom stereocenters. The number of anilines is 3. The molecule has 0 spiro atoms. The molecule has 103 heavy (non-hydrogen) atoms. The highest BCUT2D eigenvalue weighted by molar-refractivity contribution is 9.69. The number of piperidine rings is 1. The van der Waals surface area contributed by atoms with Crippen LogP contribution in [-0.4, -0.2) is 157 Å². The topological polar surface area (TPSA) is 198 Å². The smallest absolute Gasteiger partial charge is 0.369 e. The molecule has 2 amide bonds. The fourth-order valence-corrected chi connectivity index (χ4v) is 16.3. The van der Waals surface area contributed by atoms with Crippen molar-refractivity contribution in [1.29, 1.82) is 0 Å². The molecule has 0 saturated carbocycles. The largest absolute Gasteiger partial charge is 0.508 e. The molecule has 1 N–H and O–H groups in total. The Morgan fingerprint density at radius 3 is 1.30 bits per heavy atom. The maximum atomic E-state index is 15.9. The number of phenolic OH excluding ortho intramolecular Hbond substituents is 1. The van der Waals surface area contributed by atoms with Crippen LogP contribution >= 0.6 is 128 Å². The van der Waals surface area contributed by atoms with Crippen molar-refractivity contribution in [2.24, 2.45) is 21.1 Å². The third-order valence-corrected chi connectivity index (χ3v) is 21.3. The van der Waals surface area contributed by atoms with Crippen molar-refractivity contribution in [2.45, 2.75) is 19.3 Å². The first-order valence-corrected chi connectivity index (χ1v) is 38.3. The van der Waals surface area contributed by atoms with E-state index in [0.29, 0.717) is 124 Å². The lowest BCUT2D eigenvalue weighted by atomic mass is 10.00. The van der Waals surface area contributed by atoms with Gasteiger partial charge in [-0.15, -0.1) is 47.3 Å². The minimum atomic E-state index is -0.538. The van der Waals surface area contributed by atoms with E-state index in [1.54, 1.807) is 94.9 Å². The number of hydrogen-bond donors (Lipinski definition) is 1. The first-order chi connectivity index (χ1) is 49.4. The summed E-state index contributed by atoms with van der Waals surface area (Å²) in [7, 11) is 8.55. The van der Waals surface area contributed by atoms with Crippen molar-refractivity contribution < 1.29 is 42.1 Å². The molecule has 12 aromatic rings. The zero-order chi connectivity index (χ0) is 73.8. The van der Waals surface area contributed by atoms with Crippen LogP contribution in [0.1, 0.15) is 19.3 Å². The summed E-state index contributed by atoms with van der Waals surface area (Å²) < 4.78 is 76.8. The molecule has 0 unspecified atom stereocenters. The van der Waals surface area contributed by atoms with E-state index in [4.69, 9.17) is 55.9 Å². The van der Waals surface area contributed by atoms with Gasteiger partial charge in [-0.25, -0.2) is 13.2 Å². The van der Waals surface area contributed by atoms with Crippen molar-refractivity contribution in [1.82, 2.24) is 52.3 Å². The Hall–Kier alpha value is -7.52. The number of carbonyl (C=O) groups is 3. The van der Waals surface area contributed by atoms with Gasteiger partial charge in [0.2, 0.25) is 17.1 Å². The predicted molar refractivity (Wildman–Crippen MR) is 425 cm³/mol. The first-order valence-electron chi connectivity index (χ1n) is 31.7. The van der Waals surface area contributed by atoms with E-state index >= 15 is 13.2 Å². The molecular weight excluding hydrogens is 1670 g/mol. The van der Waals surface area contributed by atoms with Crippen LogP contribution in [-0.2, 0) is 35.5 Å². The van der Waals surface area contributed by atoms with Gasteiger partial charge < -0.3 is 39.1 Å². The number of allylic oxidation sites excluding steroid dienone is 1. The molecule has 0 bridgehead atoms. The van der Waals surface area contributed by atoms with E-state index < -0.39 is 22.7 Å². The van der Waals surface area contributed by atoms with Crippen LogP contribution in [0, 0.1) is 17.5 Å². The maximum absolute atomic E-state index is 15.9. The standard InChI is InChI=1S/C23H21ClFN5O2S.C22H19ClFN5O2S.C21H20ClFN4OS.C3H3ClO.BBr3/c1-4-18(31)29-5-7-30(8-6-29)23-16-11-17(24)19(20(25)21(16)27-33-23)15-10-14(32-3)9-13-12-26-28(2)22(13)15;1-3-17(31)28-4-6-29(7-5-28)22-15-10-16(23)18(19(24)20(15)26-32-22)14-9-13(30)8-12-11-25-27(2)21(12)14;1-26-11-12-8-13(28-2)9-14(19(12)24-26)17-16(22)10-15-20(18(17)23)25-29-21(15)27-6-4-3-5-7-27;1-2-3(4)5;2-1(3)4/h4,9-12H,1,5-8H2,2-3H3;3,8-11,30H,1,4-7H2,2H3;8-11H,3-7H2,1-2H3;2H,1H2;. The highest BCUT2D eigenvalue weighted by Crippen LogP contribution is 2.48. The monoisotopic (exact) mass is 1720 g/mol. The zero-order valence-electron chi connectivity index (χ0n) is 55.8. The molecule has 3 fully saturated rings. The number of amides is 2. The number of aryl methyl sites for hydroxylation is 3. The lowest BCUT2D eigenvalue weighted by molar-refractivity contribution is -0.127. The Labute approximate surface area is 646 Å². The summed E-state index contributed by atoms with van der Waals surface area (Å²) in [5, 5.41) is 30.7. The summed E-state index contributed by atoms with van der Waals surface area (Å²) in [5.74, 6) is -0.378. The number of benzene rings is 6. The zero-order valence-corrected chi connectivity index (χ0v) is 66.0. The molecule has 536 valence electrons. The van der Waals surface area contributed by atoms with Crippen molar-refractivity contribution in [3.63, 3.8) is 0 Å². The third kappa shape index (κ3) is 16.2. The summed E-state index contributed by atoms with van der Waals surface area (Å²) in [6.45, 7) is 16.8. The first kappa shape index (κ1) is 76.6. The van der Waals surface area contributed by atoms with Crippen LogP contribution in [0.15, 0.2) is 111 Å². The van der Waals surface area contributed by atoms with Crippen LogP contribution in [0.3, 0.4) is 0 Å². The molecular formula is C69H63BBr3Cl4F3N14O6S3. The van der Waals surface area contributed by atoms with Crippen molar-refractivity contribution in [2.75, 3.05) is 94.4 Å². The van der Waals surface area contributed by atoms with Gasteiger partial charge in [-0.2, -0.15) is 28.4 Å². The highest BCUT2D eigenvalue weighted by Gasteiger charge is 2.31. The van der Waals surface area contributed by atoms with Gasteiger partial charge in [0.1, 0.15) is 54.3 Å². The Balaban J connectivity index is 0.000000146. The number of methoxy groups -OCH3 is 2. The molecule has 34 heteroatoms. The van der Waals surface area contributed by atoms with E-state index in [9.17, 15) is 19.5 Å². The van der Waals surface area contributed by atoms with Crippen molar-refractivity contribution in [3.8, 4) is 50.6 Å². The van der Waals surface area contributed by atoms with Crippen molar-refractivity contribution >= 4 is 229 Å². The van der Waals surface area contributed by atoms with E-state index in [2.05, 4.69) is 110 Å². The van der Waals surface area contributed by atoms with E-state index in [1.165, 1.54) is 59.2 Å². The van der Waals surface area contributed by atoms with Gasteiger partial charge in [-0.1, -0.05) is 54.5 Å². The number of nitrogens with zero attached hydrogens (tertiary/aromatic N) is 14. The molecule has 0 radical (unpaired) electrons. The second-order valence-electron chi connectivity index (χ2n) is 23.6. The Bertz CT molecular complexity index is 5270. The van der Waals surface area contributed by atoms with Crippen LogP contribution < -0.4 is 24.2 Å². The third-order valence-electron chi connectivity index (χ3n) is 17.4. The number of piperazine rings is 2. The van der Waals surface area contributed by atoms with E-state index in [0.717, 1.165) is 68.7 Å². The summed E-state index contributed by atoms with van der Waals surface area (Å²) in [5.41, 5.74) is 5.41. The molecule has 3 aliphatic heterocycles. The van der Waals surface area contributed by atoms with Crippen LogP contribution in [0.5, 0.6) is 17.2 Å². The molecule has 6 aromatic heterocycles. The average molecular weight is 1730 g/mol. The SMILES string of the molecule is BrB(Br)Br.C=CC(=O)Cl.C=CC(=O)N1CCN(c2snc3c(F)c(-c4cc(O)cc5cnn(C)c45)c(Cl)cc23)CC1.C=CC(=O)N1CCN(c2snc3c(F)c(-c4cc(OC)cc5cnn(C)c45)c(Cl)cc23)CC1.COc1cc(-c2c(Cl)cc3c(N4CCCCC4)snc3c2F)c2nn(C)cc2c1.